The zero-order chi connectivity index (χ0) is 22.1. The normalized spacial score (nSPS) is 19.5. The molecule has 0 N–H and O–H groups in total. The van der Waals surface area contributed by atoms with E-state index in [1.165, 1.54) is 0 Å². The van der Waals surface area contributed by atoms with E-state index in [0.717, 1.165) is 70.3 Å². The largest absolute Gasteiger partial charge is 0.493 e. The summed E-state index contributed by atoms with van der Waals surface area (Å²) in [5.74, 6) is 1.42. The molecule has 0 bridgehead atoms. The van der Waals surface area contributed by atoms with Crippen LogP contribution >= 0.6 is 22.6 Å². The zero-order valence-electron chi connectivity index (χ0n) is 18.6. The average Bonchev–Trinajstić information content (AvgIpc) is 2.76. The Morgan fingerprint density at radius 2 is 1.61 bits per heavy atom. The van der Waals surface area contributed by atoms with E-state index in [9.17, 15) is 9.59 Å². The Balaban J connectivity index is 1.95. The van der Waals surface area contributed by atoms with Gasteiger partial charge in [0.25, 0.3) is 0 Å². The van der Waals surface area contributed by atoms with Gasteiger partial charge < -0.3 is 14.4 Å². The minimum atomic E-state index is -0.309. The molecule has 0 amide bonds. The molecular weight excluding hydrogens is 505 g/mol. The Morgan fingerprint density at radius 1 is 1.00 bits per heavy atom. The summed E-state index contributed by atoms with van der Waals surface area (Å²) < 4.78 is 12.4. The maximum absolute atomic E-state index is 13.3. The molecule has 31 heavy (non-hydrogen) atoms. The lowest BCUT2D eigenvalue weighted by atomic mass is 9.71. The minimum absolute atomic E-state index is 0.181. The molecule has 0 fully saturated rings. The maximum atomic E-state index is 13.3. The Bertz CT molecular complexity index is 934. The molecular formula is C25H30INO4. The van der Waals surface area contributed by atoms with Crippen molar-refractivity contribution in [2.24, 2.45) is 0 Å². The number of allylic oxidation sites excluding steroid dienone is 4. The molecule has 1 aliphatic heterocycles. The molecule has 1 aromatic rings. The van der Waals surface area contributed by atoms with Gasteiger partial charge >= 0.3 is 0 Å². The van der Waals surface area contributed by atoms with Crippen molar-refractivity contribution >= 4 is 34.2 Å². The zero-order valence-corrected chi connectivity index (χ0v) is 20.7. The van der Waals surface area contributed by atoms with Crippen LogP contribution < -0.4 is 9.47 Å². The number of methoxy groups -OCH3 is 1. The lowest BCUT2D eigenvalue weighted by Gasteiger charge is -2.44. The van der Waals surface area contributed by atoms with E-state index < -0.39 is 0 Å². The van der Waals surface area contributed by atoms with Gasteiger partial charge in [-0.2, -0.15) is 0 Å². The summed E-state index contributed by atoms with van der Waals surface area (Å²) in [7, 11) is 1.63. The summed E-state index contributed by atoms with van der Waals surface area (Å²) in [6, 6.07) is 4.03. The molecule has 0 radical (unpaired) electrons. The number of hydrogen-bond acceptors (Lipinski definition) is 5. The highest BCUT2D eigenvalue weighted by Crippen LogP contribution is 2.50. The van der Waals surface area contributed by atoms with Crippen LogP contribution in [-0.2, 0) is 9.59 Å². The second kappa shape index (κ2) is 9.35. The number of Topliss-reactive ketones (excluding diaryl/α,β-unsaturated/α-hetero) is 2. The van der Waals surface area contributed by atoms with Gasteiger partial charge in [-0.3, -0.25) is 9.59 Å². The first-order valence-electron chi connectivity index (χ1n) is 11.3. The minimum Gasteiger partial charge on any atom is -0.493 e. The van der Waals surface area contributed by atoms with Gasteiger partial charge in [-0.25, -0.2) is 0 Å². The lowest BCUT2D eigenvalue weighted by Crippen LogP contribution is -2.39. The summed E-state index contributed by atoms with van der Waals surface area (Å²) in [6.07, 6.45) is 5.64. The van der Waals surface area contributed by atoms with E-state index in [-0.39, 0.29) is 17.5 Å². The van der Waals surface area contributed by atoms with Gasteiger partial charge in [0.05, 0.1) is 17.3 Å². The fraction of sp³-hybridized carbons (Fsp3) is 0.520. The molecule has 0 saturated heterocycles. The van der Waals surface area contributed by atoms with Crippen molar-refractivity contribution in [2.45, 2.75) is 64.7 Å². The van der Waals surface area contributed by atoms with Crippen molar-refractivity contribution in [3.05, 3.63) is 43.8 Å². The third-order valence-electron chi connectivity index (χ3n) is 6.41. The number of benzene rings is 1. The van der Waals surface area contributed by atoms with Gasteiger partial charge in [-0.05, 0) is 79.3 Å². The molecule has 2 aliphatic carbocycles. The molecule has 4 rings (SSSR count). The van der Waals surface area contributed by atoms with Gasteiger partial charge in [-0.15, -0.1) is 0 Å². The Morgan fingerprint density at radius 3 is 2.13 bits per heavy atom. The quantitative estimate of drug-likeness (QED) is 0.449. The maximum Gasteiger partial charge on any atom is 0.174 e. The van der Waals surface area contributed by atoms with Gasteiger partial charge in [0.1, 0.15) is 0 Å². The smallest absolute Gasteiger partial charge is 0.174 e. The second-order valence-electron chi connectivity index (χ2n) is 8.33. The molecule has 0 unspecified atom stereocenters. The Labute approximate surface area is 198 Å². The summed E-state index contributed by atoms with van der Waals surface area (Å²) in [5.41, 5.74) is 4.89. The first-order valence-corrected chi connectivity index (χ1v) is 12.4. The second-order valence-corrected chi connectivity index (χ2v) is 9.49. The molecule has 0 atom stereocenters. The number of rotatable bonds is 6. The van der Waals surface area contributed by atoms with Crippen LogP contribution in [0.2, 0.25) is 0 Å². The molecule has 166 valence electrons. The topological polar surface area (TPSA) is 55.8 Å². The number of ether oxygens (including phenoxy) is 2. The van der Waals surface area contributed by atoms with E-state index in [1.807, 2.05) is 13.0 Å². The molecule has 3 aliphatic rings. The molecule has 0 saturated carbocycles. The third-order valence-corrected chi connectivity index (χ3v) is 7.21. The van der Waals surface area contributed by atoms with Crippen LogP contribution in [0.4, 0.5) is 0 Å². The van der Waals surface area contributed by atoms with Crippen LogP contribution in [0.1, 0.15) is 70.3 Å². The van der Waals surface area contributed by atoms with E-state index in [2.05, 4.69) is 40.5 Å². The number of carbonyl (C=O) groups excluding carboxylic acids is 2. The summed E-state index contributed by atoms with van der Waals surface area (Å²) in [6.45, 7) is 5.50. The average molecular weight is 535 g/mol. The van der Waals surface area contributed by atoms with Crippen molar-refractivity contribution in [1.82, 2.24) is 4.90 Å². The third kappa shape index (κ3) is 3.92. The fourth-order valence-electron chi connectivity index (χ4n) is 5.23. The predicted molar refractivity (Wildman–Crippen MR) is 128 cm³/mol. The van der Waals surface area contributed by atoms with Gasteiger partial charge in [0.2, 0.25) is 0 Å². The van der Waals surface area contributed by atoms with Crippen molar-refractivity contribution in [3.63, 3.8) is 0 Å². The highest BCUT2D eigenvalue weighted by Gasteiger charge is 2.43. The molecule has 6 heteroatoms. The summed E-state index contributed by atoms with van der Waals surface area (Å²) in [5, 5.41) is 0. The number of carbonyl (C=O) groups is 2. The van der Waals surface area contributed by atoms with Crippen LogP contribution in [0, 0.1) is 3.57 Å². The van der Waals surface area contributed by atoms with Crippen LogP contribution in [0.25, 0.3) is 0 Å². The van der Waals surface area contributed by atoms with Crippen LogP contribution in [0.5, 0.6) is 11.5 Å². The number of nitrogens with zero attached hydrogens (tertiary/aromatic N) is 1. The molecule has 1 aromatic carbocycles. The van der Waals surface area contributed by atoms with Gasteiger partial charge in [-0.1, -0.05) is 6.92 Å². The van der Waals surface area contributed by atoms with Crippen molar-refractivity contribution in [3.8, 4) is 11.5 Å². The number of halogens is 1. The van der Waals surface area contributed by atoms with Crippen LogP contribution in [0.3, 0.4) is 0 Å². The number of hydrogen-bond donors (Lipinski definition) is 0. The lowest BCUT2D eigenvalue weighted by molar-refractivity contribution is -0.117. The monoisotopic (exact) mass is 535 g/mol. The SMILES string of the molecule is CCCN1C2=C(C(=O)CCC2)C(c2cc(I)c(OCC)c(OC)c2)C2=C1CCCC2=O. The Kier molecular flexibility index (Phi) is 6.74. The molecule has 0 aromatic heterocycles. The standard InChI is InChI=1S/C25H30INO4/c1-4-12-27-17-8-6-10-19(28)23(17)22(24-18(27)9-7-11-20(24)29)15-13-16(26)25(31-5-2)21(14-15)30-3/h13-14,22H,4-12H2,1-3H3. The first kappa shape index (κ1) is 22.4. The van der Waals surface area contributed by atoms with Crippen molar-refractivity contribution < 1.29 is 19.1 Å². The predicted octanol–water partition coefficient (Wildman–Crippen LogP) is 5.52. The molecule has 0 spiro atoms. The van der Waals surface area contributed by atoms with Gasteiger partial charge in [0.15, 0.2) is 23.1 Å². The molecule has 1 heterocycles. The van der Waals surface area contributed by atoms with E-state index >= 15 is 0 Å². The van der Waals surface area contributed by atoms with E-state index in [0.29, 0.717) is 30.9 Å². The highest BCUT2D eigenvalue weighted by atomic mass is 127. The van der Waals surface area contributed by atoms with Crippen molar-refractivity contribution in [1.29, 1.82) is 0 Å². The fourth-order valence-corrected chi connectivity index (χ4v) is 6.02. The van der Waals surface area contributed by atoms with Crippen LogP contribution in [-0.4, -0.2) is 36.7 Å². The first-order chi connectivity index (χ1) is 15.0. The van der Waals surface area contributed by atoms with E-state index in [4.69, 9.17) is 9.47 Å². The van der Waals surface area contributed by atoms with Gasteiger partial charge in [0, 0.05) is 47.8 Å². The molecule has 5 nitrogen and oxygen atoms in total. The number of ketones is 2. The van der Waals surface area contributed by atoms with Crippen LogP contribution in [0.15, 0.2) is 34.7 Å². The van der Waals surface area contributed by atoms with Crippen molar-refractivity contribution in [2.75, 3.05) is 20.3 Å². The van der Waals surface area contributed by atoms with E-state index in [1.54, 1.807) is 7.11 Å². The summed E-state index contributed by atoms with van der Waals surface area (Å²) in [4.78, 5) is 28.9. The Hall–Kier alpha value is -1.83. The summed E-state index contributed by atoms with van der Waals surface area (Å²) >= 11 is 2.26. The highest BCUT2D eigenvalue weighted by molar-refractivity contribution is 14.1.